The Morgan fingerprint density at radius 3 is 1.94 bits per heavy atom. The van der Waals surface area contributed by atoms with Gasteiger partial charge in [-0.2, -0.15) is 17.1 Å². The number of carbonyl (C=O) groups is 7. The minimum Gasteiger partial charge on any atom is -0.685 e. The van der Waals surface area contributed by atoms with Gasteiger partial charge in [-0.1, -0.05) is 53.6 Å². The van der Waals surface area contributed by atoms with Crippen molar-refractivity contribution in [3.05, 3.63) is 68.2 Å². The summed E-state index contributed by atoms with van der Waals surface area (Å²) in [6.07, 6.45) is -2.25. The number of imidazole rings is 1. The van der Waals surface area contributed by atoms with E-state index in [1.54, 1.807) is 0 Å². The number of anilines is 1. The third-order valence-electron chi connectivity index (χ3n) is 20.2. The number of aliphatic hydroxyl groups excluding tert-OH is 2. The molecule has 0 aromatic carbocycles. The van der Waals surface area contributed by atoms with Gasteiger partial charge in [0.05, 0.1) is 13.2 Å². The van der Waals surface area contributed by atoms with E-state index in [0.717, 1.165) is 0 Å². The van der Waals surface area contributed by atoms with Crippen LogP contribution in [0.2, 0.25) is 0 Å². The molecule has 8 bridgehead atoms. The number of hydrogen-bond donors (Lipinski definition) is 11. The van der Waals surface area contributed by atoms with E-state index in [9.17, 15) is 53.2 Å². The summed E-state index contributed by atoms with van der Waals surface area (Å²) in [5.74, 6) is -6.94. The molecule has 30 nitrogen and oxygen atoms in total. The zero-order valence-electron chi connectivity index (χ0n) is 51.3. The molecule has 6 aliphatic rings. The largest absolute Gasteiger partial charge is 0.685 e. The van der Waals surface area contributed by atoms with Gasteiger partial charge in [-0.15, -0.1) is 34.8 Å². The minimum atomic E-state index is -5.05. The fourth-order valence-electron chi connectivity index (χ4n) is 15.6. The summed E-state index contributed by atoms with van der Waals surface area (Å²) in [4.78, 5) is 116. The summed E-state index contributed by atoms with van der Waals surface area (Å²) in [5, 5.41) is 46.5. The first-order chi connectivity index (χ1) is 41.0. The number of aromatic nitrogens is 4. The van der Waals surface area contributed by atoms with Gasteiger partial charge in [-0.05, 0) is 84.9 Å². The number of phosphoric acid groups is 1. The van der Waals surface area contributed by atoms with E-state index in [2.05, 4.69) is 20.3 Å². The average Bonchev–Trinajstić information content (AvgIpc) is 1.54. The molecule has 0 saturated carbocycles. The molecule has 7 amide bonds. The normalized spacial score (nSPS) is 36.5. The van der Waals surface area contributed by atoms with Crippen LogP contribution in [0.3, 0.4) is 0 Å². The molecule has 495 valence electrons. The van der Waals surface area contributed by atoms with Crippen LogP contribution in [0.4, 0.5) is 5.82 Å². The van der Waals surface area contributed by atoms with Crippen molar-refractivity contribution in [3.8, 4) is 0 Å². The van der Waals surface area contributed by atoms with E-state index < -0.39 is 162 Å². The molecule has 1 radical (unpaired) electrons. The Bertz CT molecular complexity index is 3260. The van der Waals surface area contributed by atoms with Crippen molar-refractivity contribution in [2.24, 2.45) is 79.7 Å². The van der Waals surface area contributed by atoms with Gasteiger partial charge in [-0.25, -0.2) is 19.5 Å². The molecule has 6 aliphatic heterocycles. The standard InChI is InChI=1S/C57H85N16O14P.Co/c1-26-42-29(10-13-36(59)76)53(3,4)34(70-42)20-32-28(9-12-35(58)75)55(6,21-39(62)79)48(69-32)27(2)43-30(11-14-37(60)77)56(7,22-40(63)80)57(8,72-43)49-31(19-38(61)78)54(5,47(26)71-49)16-15-41(81)65-17-18-85-88(83,84)87-46-33(23-74)86-52(45(46)82)73-25-68-51-44(73)50(64)66-24-67-51;/h20,24-25,28-33,42-43,45-46,49,52,74,82H,9-19,21-23H2,1-8H3,(H2,58,75)(H2,59,76)(H2,60,77)(H2,61,78)(H2,62,79)(H2,63,80)(H,65,81)(H,83,84)(H2,64,66,67);/q-4;/b34-20-,47-26-,48-27-;/t28-,29-,30-,31+,32?,33-,42?,43?,45-,46-,49-,52+,54-,55+,56+,57+;/m1./s1. The topological polar surface area (TPSA) is 519 Å². The number of hydrogen-bond acceptors (Lipinski definition) is 17. The Morgan fingerprint density at radius 1 is 0.753 bits per heavy atom. The fraction of sp³-hybridized carbons (Fsp3) is 0.684. The van der Waals surface area contributed by atoms with Crippen LogP contribution in [0.15, 0.2) is 47.0 Å². The summed E-state index contributed by atoms with van der Waals surface area (Å²) in [5.41, 5.74) is 39.3. The number of nitrogens with one attached hydrogen (secondary N) is 1. The maximum absolute atomic E-state index is 14.2. The van der Waals surface area contributed by atoms with Crippen molar-refractivity contribution in [1.29, 1.82) is 0 Å². The first kappa shape index (κ1) is 70.2. The number of primary amides is 6. The number of nitrogens with two attached hydrogens (primary N) is 7. The number of carbonyl (C=O) groups excluding carboxylic acids is 7. The molecule has 8 heterocycles. The molecule has 5 fully saturated rings. The molecule has 89 heavy (non-hydrogen) atoms. The van der Waals surface area contributed by atoms with E-state index in [1.807, 2.05) is 61.5 Å². The fourth-order valence-corrected chi connectivity index (χ4v) is 16.5. The van der Waals surface area contributed by atoms with Gasteiger partial charge in [0.2, 0.25) is 41.4 Å². The Labute approximate surface area is 526 Å². The number of nitrogen functional groups attached to an aromatic ring is 1. The minimum absolute atomic E-state index is 0. The Kier molecular flexibility index (Phi) is 20.9. The van der Waals surface area contributed by atoms with Crippen LogP contribution in [0.25, 0.3) is 32.4 Å². The summed E-state index contributed by atoms with van der Waals surface area (Å²) in [6.45, 7) is 13.5. The first-order valence-electron chi connectivity index (χ1n) is 29.5. The van der Waals surface area contributed by atoms with Gasteiger partial charge in [-0.3, -0.25) is 47.2 Å². The molecular formula is C57H85CoN16O14P-4. The first-order valence-corrected chi connectivity index (χ1v) is 31.0. The number of aliphatic hydroxyl groups is 2. The quantitative estimate of drug-likeness (QED) is 0.0475. The number of phosphoric ester groups is 1. The predicted molar refractivity (Wildman–Crippen MR) is 319 cm³/mol. The zero-order chi connectivity index (χ0) is 65.0. The second-order valence-electron chi connectivity index (χ2n) is 26.0. The number of amides is 7. The number of nitrogens with zero attached hydrogens (tertiary/aromatic N) is 8. The third-order valence-corrected chi connectivity index (χ3v) is 21.2. The van der Waals surface area contributed by atoms with Crippen LogP contribution in [0.5, 0.6) is 0 Å². The molecule has 5 saturated heterocycles. The summed E-state index contributed by atoms with van der Waals surface area (Å²) >= 11 is 0. The van der Waals surface area contributed by atoms with E-state index in [-0.39, 0.29) is 111 Å². The van der Waals surface area contributed by atoms with Gasteiger partial charge in [0.25, 0.3) is 0 Å². The van der Waals surface area contributed by atoms with E-state index in [0.29, 0.717) is 28.2 Å². The SMILES string of the molecule is C/C1=C2/[N-][C@H]([C@H](CC(N)=O)[C@@]2(C)CCC(=O)NCCOP(=O)(O)O[C@H]2[C@@H](O)[C@@H](n3cnc4ncnc(N)c43)O[C@@H]2CO)[C@]2(C)[N-]C(/C(C)=C3\[N-]C(/C=C4\[N-]C1[C@@H](CCC(N)=O)C4(C)C)[C@@H](CCC(N)=O)[C@]3(C)CC(N)=O)[C@@H](CCC(N)=O)[C@]2(C)CC(N)=O.[Co]. The van der Waals surface area contributed by atoms with Gasteiger partial charge in [0, 0.05) is 68.3 Å². The van der Waals surface area contributed by atoms with Crippen molar-refractivity contribution in [2.45, 2.75) is 180 Å². The Hall–Kier alpha value is -6.28. The van der Waals surface area contributed by atoms with E-state index in [1.165, 1.54) is 17.2 Å². The zero-order valence-corrected chi connectivity index (χ0v) is 53.2. The summed E-state index contributed by atoms with van der Waals surface area (Å²) in [6, 6.07) is -3.34. The van der Waals surface area contributed by atoms with E-state index >= 15 is 0 Å². The molecule has 17 atom stereocenters. The average molecular weight is 1310 g/mol. The molecule has 4 unspecified atom stereocenters. The summed E-state index contributed by atoms with van der Waals surface area (Å²) in [7, 11) is -5.05. The molecule has 32 heteroatoms. The van der Waals surface area contributed by atoms with Crippen molar-refractivity contribution >= 4 is 66.2 Å². The van der Waals surface area contributed by atoms with Gasteiger partial charge >= 0.3 is 7.82 Å². The second kappa shape index (κ2) is 26.5. The van der Waals surface area contributed by atoms with Crippen LogP contribution < -0.4 is 45.5 Å². The maximum atomic E-state index is 14.2. The predicted octanol–water partition coefficient (Wildman–Crippen LogP) is 2.22. The van der Waals surface area contributed by atoms with Crippen molar-refractivity contribution in [1.82, 2.24) is 24.8 Å². The number of allylic oxidation sites excluding steroid dienone is 3. The summed E-state index contributed by atoms with van der Waals surface area (Å²) < 4.78 is 31.2. The van der Waals surface area contributed by atoms with Crippen LogP contribution in [-0.2, 0) is 68.7 Å². The number of fused-ring (bicyclic) bond motifs is 10. The van der Waals surface area contributed by atoms with Gasteiger partial charge < -0.3 is 86.6 Å². The van der Waals surface area contributed by atoms with E-state index in [4.69, 9.17) is 75.2 Å². The van der Waals surface area contributed by atoms with Crippen LogP contribution in [-0.4, -0.2) is 144 Å². The van der Waals surface area contributed by atoms with Crippen molar-refractivity contribution in [3.63, 3.8) is 0 Å². The Balaban J connectivity index is 0.0000113. The number of rotatable bonds is 26. The van der Waals surface area contributed by atoms with Crippen LogP contribution >= 0.6 is 7.82 Å². The van der Waals surface area contributed by atoms with Crippen molar-refractivity contribution in [2.75, 3.05) is 25.5 Å². The Morgan fingerprint density at radius 2 is 1.35 bits per heavy atom. The molecular weight excluding hydrogens is 1220 g/mol. The van der Waals surface area contributed by atoms with Crippen LogP contribution in [0.1, 0.15) is 132 Å². The maximum Gasteiger partial charge on any atom is 0.472 e. The van der Waals surface area contributed by atoms with Gasteiger partial charge in [0.1, 0.15) is 36.5 Å². The van der Waals surface area contributed by atoms with Crippen LogP contribution in [0, 0.1) is 45.3 Å². The molecule has 18 N–H and O–H groups in total. The molecule has 2 aromatic heterocycles. The van der Waals surface area contributed by atoms with Gasteiger partial charge in [0.15, 0.2) is 17.7 Å². The monoisotopic (exact) mass is 1310 g/mol. The molecule has 0 aliphatic carbocycles. The molecule has 2 aromatic rings. The molecule has 0 spiro atoms. The second-order valence-corrected chi connectivity index (χ2v) is 27.4. The third kappa shape index (κ3) is 13.4. The van der Waals surface area contributed by atoms with Crippen molar-refractivity contribution < 1.29 is 83.8 Å². The smallest absolute Gasteiger partial charge is 0.472 e. The number of ether oxygens (including phenoxy) is 1. The molecule has 8 rings (SSSR count).